The van der Waals surface area contributed by atoms with Crippen LogP contribution in [0.1, 0.15) is 34.6 Å². The van der Waals surface area contributed by atoms with Gasteiger partial charge >= 0.3 is 5.97 Å². The van der Waals surface area contributed by atoms with E-state index in [9.17, 15) is 13.2 Å². The summed E-state index contributed by atoms with van der Waals surface area (Å²) in [4.78, 5) is 10.7. The quantitative estimate of drug-likeness (QED) is 0.883. The Morgan fingerprint density at radius 3 is 2.33 bits per heavy atom. The molecule has 0 amide bonds. The molecule has 0 unspecified atom stereocenters. The molecule has 0 radical (unpaired) electrons. The van der Waals surface area contributed by atoms with Crippen LogP contribution in [0.2, 0.25) is 0 Å². The van der Waals surface area contributed by atoms with Gasteiger partial charge in [0, 0.05) is 6.04 Å². The van der Waals surface area contributed by atoms with Crippen LogP contribution in [0.5, 0.6) is 0 Å². The molecule has 0 saturated heterocycles. The summed E-state index contributed by atoms with van der Waals surface area (Å²) in [7, 11) is -3.91. The summed E-state index contributed by atoms with van der Waals surface area (Å²) in [6.45, 7) is 3.64. The van der Waals surface area contributed by atoms with E-state index in [1.807, 2.05) is 31.2 Å². The summed E-state index contributed by atoms with van der Waals surface area (Å²) in [5.41, 5.74) is 1.88. The number of hydrogen-bond donors (Lipinski definition) is 2. The number of aryl methyl sites for hydroxylation is 1. The smallest absolute Gasteiger partial charge is 0.371 e. The average Bonchev–Trinajstić information content (AvgIpc) is 2.89. The van der Waals surface area contributed by atoms with Gasteiger partial charge in [-0.1, -0.05) is 29.8 Å². The first-order valence-corrected chi connectivity index (χ1v) is 7.70. The van der Waals surface area contributed by atoms with E-state index in [4.69, 9.17) is 9.52 Å². The maximum Gasteiger partial charge on any atom is 0.371 e. The van der Waals surface area contributed by atoms with Crippen LogP contribution in [0.15, 0.2) is 45.9 Å². The van der Waals surface area contributed by atoms with Crippen LogP contribution in [-0.2, 0) is 10.0 Å². The fourth-order valence-electron chi connectivity index (χ4n) is 1.79. The van der Waals surface area contributed by atoms with Crippen molar-refractivity contribution in [3.05, 3.63) is 53.3 Å². The van der Waals surface area contributed by atoms with Crippen LogP contribution in [0.4, 0.5) is 0 Å². The van der Waals surface area contributed by atoms with Crippen molar-refractivity contribution in [2.24, 2.45) is 0 Å². The van der Waals surface area contributed by atoms with Gasteiger partial charge in [0.2, 0.25) is 10.9 Å². The highest BCUT2D eigenvalue weighted by Gasteiger charge is 2.23. The maximum absolute atomic E-state index is 12.1. The van der Waals surface area contributed by atoms with Crippen molar-refractivity contribution in [1.29, 1.82) is 0 Å². The van der Waals surface area contributed by atoms with E-state index >= 15 is 0 Å². The Morgan fingerprint density at radius 1 is 1.19 bits per heavy atom. The highest BCUT2D eigenvalue weighted by molar-refractivity contribution is 7.89. The van der Waals surface area contributed by atoms with Crippen molar-refractivity contribution in [2.75, 3.05) is 0 Å². The number of nitrogens with one attached hydrogen (secondary N) is 1. The number of furan rings is 1. The summed E-state index contributed by atoms with van der Waals surface area (Å²) < 4.78 is 31.5. The third kappa shape index (κ3) is 3.50. The molecule has 1 aromatic heterocycles. The minimum absolute atomic E-state index is 0.418. The van der Waals surface area contributed by atoms with Crippen molar-refractivity contribution < 1.29 is 22.7 Å². The molecule has 0 aliphatic rings. The minimum atomic E-state index is -3.91. The predicted molar refractivity (Wildman–Crippen MR) is 75.6 cm³/mol. The van der Waals surface area contributed by atoms with Gasteiger partial charge in [-0.05, 0) is 31.5 Å². The molecule has 7 heteroatoms. The molecule has 6 nitrogen and oxygen atoms in total. The highest BCUT2D eigenvalue weighted by atomic mass is 32.2. The van der Waals surface area contributed by atoms with Gasteiger partial charge in [0.1, 0.15) is 0 Å². The maximum atomic E-state index is 12.1. The predicted octanol–water partition coefficient (Wildman–Crippen LogP) is 2.33. The van der Waals surface area contributed by atoms with Crippen LogP contribution < -0.4 is 4.72 Å². The zero-order valence-corrected chi connectivity index (χ0v) is 12.3. The van der Waals surface area contributed by atoms with Gasteiger partial charge in [-0.2, -0.15) is 0 Å². The number of rotatable bonds is 5. The van der Waals surface area contributed by atoms with Crippen molar-refractivity contribution in [3.63, 3.8) is 0 Å². The van der Waals surface area contributed by atoms with E-state index in [0.717, 1.165) is 23.3 Å². The van der Waals surface area contributed by atoms with Crippen molar-refractivity contribution in [1.82, 2.24) is 4.72 Å². The molecule has 0 bridgehead atoms. The molecule has 0 aliphatic heterocycles. The molecule has 0 saturated carbocycles. The number of carboxylic acids is 1. The molecule has 2 rings (SSSR count). The van der Waals surface area contributed by atoms with Crippen molar-refractivity contribution in [2.45, 2.75) is 25.0 Å². The lowest BCUT2D eigenvalue weighted by Gasteiger charge is -2.13. The molecule has 112 valence electrons. The molecular formula is C14H15NO5S. The van der Waals surface area contributed by atoms with Crippen LogP contribution in [0.25, 0.3) is 0 Å². The van der Waals surface area contributed by atoms with E-state index in [1.54, 1.807) is 6.92 Å². The summed E-state index contributed by atoms with van der Waals surface area (Å²) in [6.07, 6.45) is 0. The molecule has 2 N–H and O–H groups in total. The first-order valence-electron chi connectivity index (χ1n) is 6.21. The molecule has 0 aliphatic carbocycles. The molecule has 2 aromatic rings. The molecule has 1 atom stereocenters. The fraction of sp³-hybridized carbons (Fsp3) is 0.214. The number of hydrogen-bond acceptors (Lipinski definition) is 4. The number of sulfonamides is 1. The summed E-state index contributed by atoms with van der Waals surface area (Å²) in [6, 6.07) is 9.18. The first-order chi connectivity index (χ1) is 9.79. The summed E-state index contributed by atoms with van der Waals surface area (Å²) in [5, 5.41) is 8.32. The molecular weight excluding hydrogens is 294 g/mol. The second-order valence-electron chi connectivity index (χ2n) is 4.68. The lowest BCUT2D eigenvalue weighted by Crippen LogP contribution is -2.26. The third-order valence-corrected chi connectivity index (χ3v) is 4.38. The Hall–Kier alpha value is -2.12. The van der Waals surface area contributed by atoms with Crippen LogP contribution in [0, 0.1) is 6.92 Å². The van der Waals surface area contributed by atoms with Gasteiger partial charge in [-0.3, -0.25) is 0 Å². The molecule has 0 spiro atoms. The topological polar surface area (TPSA) is 96.6 Å². The Labute approximate surface area is 122 Å². The van der Waals surface area contributed by atoms with Crippen molar-refractivity contribution in [3.8, 4) is 0 Å². The zero-order valence-electron chi connectivity index (χ0n) is 11.5. The number of carbonyl (C=O) groups is 1. The second kappa shape index (κ2) is 5.71. The van der Waals surface area contributed by atoms with Gasteiger partial charge < -0.3 is 9.52 Å². The summed E-state index contributed by atoms with van der Waals surface area (Å²) >= 11 is 0. The van der Waals surface area contributed by atoms with Gasteiger partial charge in [-0.25, -0.2) is 17.9 Å². The number of benzene rings is 1. The molecule has 21 heavy (non-hydrogen) atoms. The normalized spacial score (nSPS) is 13.0. The van der Waals surface area contributed by atoms with Gasteiger partial charge in [-0.15, -0.1) is 0 Å². The Kier molecular flexibility index (Phi) is 4.15. The van der Waals surface area contributed by atoms with E-state index in [2.05, 4.69) is 4.72 Å². The van der Waals surface area contributed by atoms with Gasteiger partial charge in [0.05, 0.1) is 0 Å². The lowest BCUT2D eigenvalue weighted by atomic mass is 10.1. The van der Waals surface area contributed by atoms with Crippen LogP contribution in [-0.4, -0.2) is 19.5 Å². The molecule has 1 aromatic carbocycles. The standard InChI is InChI=1S/C14H15NO5S/c1-9-3-5-11(6-4-9)10(2)15-21(18,19)13-8-7-12(20-13)14(16)17/h3-8,10,15H,1-2H3,(H,16,17)/t10-/m1/s1. The summed E-state index contributed by atoms with van der Waals surface area (Å²) in [5.74, 6) is -1.73. The SMILES string of the molecule is Cc1ccc([C@@H](C)NS(=O)(=O)c2ccc(C(=O)O)o2)cc1. The van der Waals surface area contributed by atoms with E-state index in [1.165, 1.54) is 0 Å². The van der Waals surface area contributed by atoms with Gasteiger partial charge in [0.15, 0.2) is 0 Å². The first kappa shape index (κ1) is 15.3. The number of carboxylic acid groups (broad SMARTS) is 1. The lowest BCUT2D eigenvalue weighted by molar-refractivity contribution is 0.0656. The monoisotopic (exact) mass is 309 g/mol. The van der Waals surface area contributed by atoms with Crippen LogP contribution in [0.3, 0.4) is 0 Å². The van der Waals surface area contributed by atoms with Crippen molar-refractivity contribution >= 4 is 16.0 Å². The zero-order chi connectivity index (χ0) is 15.6. The van der Waals surface area contributed by atoms with Crippen LogP contribution >= 0.6 is 0 Å². The second-order valence-corrected chi connectivity index (χ2v) is 6.32. The molecule has 0 fully saturated rings. The number of aromatic carboxylic acids is 1. The van der Waals surface area contributed by atoms with E-state index in [-0.39, 0.29) is 0 Å². The largest absolute Gasteiger partial charge is 0.475 e. The fourth-order valence-corrected chi connectivity index (χ4v) is 2.96. The minimum Gasteiger partial charge on any atom is -0.475 e. The van der Waals surface area contributed by atoms with Gasteiger partial charge in [0.25, 0.3) is 10.0 Å². The van der Waals surface area contributed by atoms with E-state index in [0.29, 0.717) is 0 Å². The Balaban J connectivity index is 2.20. The molecule has 1 heterocycles. The Bertz CT molecular complexity index is 746. The highest BCUT2D eigenvalue weighted by Crippen LogP contribution is 2.19. The Morgan fingerprint density at radius 2 is 1.81 bits per heavy atom. The average molecular weight is 309 g/mol. The van der Waals surface area contributed by atoms with E-state index < -0.39 is 32.9 Å². The third-order valence-electron chi connectivity index (χ3n) is 2.97.